The average Bonchev–Trinajstić information content (AvgIpc) is 2.98. The van der Waals surface area contributed by atoms with Gasteiger partial charge in [-0.1, -0.05) is 11.6 Å². The van der Waals surface area contributed by atoms with Crippen molar-refractivity contribution >= 4 is 35.0 Å². The van der Waals surface area contributed by atoms with E-state index < -0.39 is 6.04 Å². The van der Waals surface area contributed by atoms with Crippen molar-refractivity contribution in [1.29, 1.82) is 0 Å². The fourth-order valence-corrected chi connectivity index (χ4v) is 2.40. The minimum absolute atomic E-state index is 0.243. The average molecular weight is 326 g/mol. The van der Waals surface area contributed by atoms with Gasteiger partial charge in [0.25, 0.3) is 0 Å². The van der Waals surface area contributed by atoms with Gasteiger partial charge in [0.15, 0.2) is 0 Å². The lowest BCUT2D eigenvalue weighted by Gasteiger charge is -2.14. The summed E-state index contributed by atoms with van der Waals surface area (Å²) < 4.78 is 1.55. The molecule has 0 saturated heterocycles. The molecule has 1 atom stereocenters. The largest absolute Gasteiger partial charge is 0.323 e. The molecule has 0 bridgehead atoms. The molecule has 2 rings (SSSR count). The van der Waals surface area contributed by atoms with E-state index >= 15 is 0 Å². The Kier molecular flexibility index (Phi) is 5.60. The molecule has 21 heavy (non-hydrogen) atoms. The van der Waals surface area contributed by atoms with Crippen LogP contribution in [0.3, 0.4) is 0 Å². The molecule has 0 saturated carbocycles. The second kappa shape index (κ2) is 7.44. The highest BCUT2D eigenvalue weighted by Gasteiger charge is 2.16. The first-order chi connectivity index (χ1) is 10.1. The molecule has 1 aromatic heterocycles. The van der Waals surface area contributed by atoms with E-state index in [2.05, 4.69) is 15.4 Å². The van der Waals surface area contributed by atoms with Gasteiger partial charge >= 0.3 is 0 Å². The minimum atomic E-state index is -0.556. The van der Waals surface area contributed by atoms with E-state index in [1.165, 1.54) is 6.33 Å². The van der Waals surface area contributed by atoms with Crippen LogP contribution in [0.25, 0.3) is 5.69 Å². The van der Waals surface area contributed by atoms with Crippen molar-refractivity contribution in [3.05, 3.63) is 35.9 Å². The Hall–Kier alpha value is -1.57. The van der Waals surface area contributed by atoms with Gasteiger partial charge in [0.05, 0.1) is 17.4 Å². The van der Waals surface area contributed by atoms with Gasteiger partial charge in [0, 0.05) is 5.02 Å². The summed E-state index contributed by atoms with van der Waals surface area (Å²) in [4.78, 5) is 16.0. The molecule has 0 radical (unpaired) electrons. The van der Waals surface area contributed by atoms with Crippen LogP contribution in [-0.4, -0.2) is 38.7 Å². The Balaban J connectivity index is 2.19. The number of carbonyl (C=O) groups excluding carboxylic acids is 1. The fourth-order valence-electron chi connectivity index (χ4n) is 1.74. The number of carbonyl (C=O) groups is 1. The summed E-state index contributed by atoms with van der Waals surface area (Å²) in [6.07, 6.45) is 5.56. The Morgan fingerprint density at radius 2 is 2.38 bits per heavy atom. The first kappa shape index (κ1) is 15.8. The molecule has 1 amide bonds. The summed E-state index contributed by atoms with van der Waals surface area (Å²) in [5.41, 5.74) is 7.10. The highest BCUT2D eigenvalue weighted by molar-refractivity contribution is 7.98. The molecule has 0 aliphatic carbocycles. The number of halogens is 1. The van der Waals surface area contributed by atoms with Crippen LogP contribution < -0.4 is 11.1 Å². The van der Waals surface area contributed by atoms with E-state index in [-0.39, 0.29) is 5.91 Å². The lowest BCUT2D eigenvalue weighted by Crippen LogP contribution is -2.36. The fraction of sp³-hybridized carbons (Fsp3) is 0.308. The monoisotopic (exact) mass is 325 g/mol. The number of hydrogen-bond donors (Lipinski definition) is 2. The van der Waals surface area contributed by atoms with Crippen molar-refractivity contribution in [3.8, 4) is 5.69 Å². The minimum Gasteiger partial charge on any atom is -0.323 e. The Morgan fingerprint density at radius 1 is 1.57 bits per heavy atom. The molecular weight excluding hydrogens is 310 g/mol. The van der Waals surface area contributed by atoms with Gasteiger partial charge in [0.1, 0.15) is 12.7 Å². The van der Waals surface area contributed by atoms with Crippen LogP contribution in [-0.2, 0) is 4.79 Å². The Labute approximate surface area is 132 Å². The van der Waals surface area contributed by atoms with Crippen molar-refractivity contribution in [1.82, 2.24) is 14.8 Å². The summed E-state index contributed by atoms with van der Waals surface area (Å²) in [6, 6.07) is 4.60. The third-order valence-electron chi connectivity index (χ3n) is 2.85. The number of aromatic nitrogens is 3. The van der Waals surface area contributed by atoms with Crippen LogP contribution in [0.1, 0.15) is 6.42 Å². The highest BCUT2D eigenvalue weighted by atomic mass is 35.5. The van der Waals surface area contributed by atoms with Crippen LogP contribution in [0, 0.1) is 0 Å². The third-order valence-corrected chi connectivity index (χ3v) is 3.73. The number of nitrogens with zero attached hydrogens (tertiary/aromatic N) is 3. The molecule has 0 aliphatic heterocycles. The summed E-state index contributed by atoms with van der Waals surface area (Å²) in [7, 11) is 0. The predicted molar refractivity (Wildman–Crippen MR) is 86.0 cm³/mol. The van der Waals surface area contributed by atoms with E-state index in [4.69, 9.17) is 17.3 Å². The summed E-state index contributed by atoms with van der Waals surface area (Å²) in [5, 5.41) is 7.38. The first-order valence-electron chi connectivity index (χ1n) is 6.31. The van der Waals surface area contributed by atoms with Gasteiger partial charge in [-0.15, -0.1) is 0 Å². The summed E-state index contributed by atoms with van der Waals surface area (Å²) in [5.74, 6) is 0.591. The van der Waals surface area contributed by atoms with Gasteiger partial charge < -0.3 is 11.1 Å². The SMILES string of the molecule is CSCC[C@H](N)C(=O)Nc1cc(Cl)ccc1-n1cncn1. The molecule has 1 aromatic carbocycles. The van der Waals surface area contributed by atoms with Crippen LogP contribution >= 0.6 is 23.4 Å². The normalized spacial score (nSPS) is 12.1. The molecule has 112 valence electrons. The number of rotatable bonds is 6. The number of thioether (sulfide) groups is 1. The standard InChI is InChI=1S/C13H16ClN5OS/c1-21-5-4-10(15)13(20)18-11-6-9(14)2-3-12(11)19-8-16-7-17-19/h2-3,6-8,10H,4-5,15H2,1H3,(H,18,20)/t10-/m0/s1. The van der Waals surface area contributed by atoms with Gasteiger partial charge in [-0.05, 0) is 36.6 Å². The maximum absolute atomic E-state index is 12.1. The van der Waals surface area contributed by atoms with Gasteiger partial charge in [-0.25, -0.2) is 9.67 Å². The topological polar surface area (TPSA) is 85.8 Å². The number of nitrogens with one attached hydrogen (secondary N) is 1. The molecular formula is C13H16ClN5OS. The van der Waals surface area contributed by atoms with E-state index in [9.17, 15) is 4.79 Å². The predicted octanol–water partition coefficient (Wildman–Crippen LogP) is 1.94. The highest BCUT2D eigenvalue weighted by Crippen LogP contribution is 2.24. The Morgan fingerprint density at radius 3 is 3.05 bits per heavy atom. The molecule has 0 aliphatic rings. The molecule has 0 spiro atoms. The Bertz CT molecular complexity index is 605. The molecule has 2 aromatic rings. The maximum Gasteiger partial charge on any atom is 0.241 e. The zero-order chi connectivity index (χ0) is 15.2. The number of benzene rings is 1. The van der Waals surface area contributed by atoms with Crippen LogP contribution in [0.5, 0.6) is 0 Å². The molecule has 1 heterocycles. The molecule has 8 heteroatoms. The van der Waals surface area contributed by atoms with Crippen molar-refractivity contribution in [2.45, 2.75) is 12.5 Å². The summed E-state index contributed by atoms with van der Waals surface area (Å²) in [6.45, 7) is 0. The van der Waals surface area contributed by atoms with Crippen molar-refractivity contribution in [2.75, 3.05) is 17.3 Å². The van der Waals surface area contributed by atoms with Gasteiger partial charge in [-0.3, -0.25) is 4.79 Å². The van der Waals surface area contributed by atoms with Crippen molar-refractivity contribution in [3.63, 3.8) is 0 Å². The van der Waals surface area contributed by atoms with E-state index in [0.29, 0.717) is 22.8 Å². The smallest absolute Gasteiger partial charge is 0.241 e. The number of nitrogens with two attached hydrogens (primary N) is 1. The third kappa shape index (κ3) is 4.20. The molecule has 6 nitrogen and oxygen atoms in total. The van der Waals surface area contributed by atoms with Crippen LogP contribution in [0.4, 0.5) is 5.69 Å². The van der Waals surface area contributed by atoms with Gasteiger partial charge in [0.2, 0.25) is 5.91 Å². The van der Waals surface area contributed by atoms with E-state index in [0.717, 1.165) is 5.75 Å². The number of hydrogen-bond acceptors (Lipinski definition) is 5. The number of anilines is 1. The van der Waals surface area contributed by atoms with Crippen molar-refractivity contribution < 1.29 is 4.79 Å². The zero-order valence-electron chi connectivity index (χ0n) is 11.5. The second-order valence-electron chi connectivity index (χ2n) is 4.38. The lowest BCUT2D eigenvalue weighted by atomic mass is 10.2. The van der Waals surface area contributed by atoms with Crippen molar-refractivity contribution in [2.24, 2.45) is 5.73 Å². The zero-order valence-corrected chi connectivity index (χ0v) is 13.1. The second-order valence-corrected chi connectivity index (χ2v) is 5.80. The first-order valence-corrected chi connectivity index (χ1v) is 8.09. The molecule has 3 N–H and O–H groups in total. The quantitative estimate of drug-likeness (QED) is 0.847. The van der Waals surface area contributed by atoms with Gasteiger partial charge in [-0.2, -0.15) is 16.9 Å². The van der Waals surface area contributed by atoms with Crippen LogP contribution in [0.2, 0.25) is 5.02 Å². The van der Waals surface area contributed by atoms with Crippen LogP contribution in [0.15, 0.2) is 30.9 Å². The number of amides is 1. The molecule has 0 fully saturated rings. The van der Waals surface area contributed by atoms with E-state index in [1.807, 2.05) is 6.26 Å². The lowest BCUT2D eigenvalue weighted by molar-refractivity contribution is -0.117. The molecule has 0 unspecified atom stereocenters. The summed E-state index contributed by atoms with van der Waals surface area (Å²) >= 11 is 7.65. The van der Waals surface area contributed by atoms with E-state index in [1.54, 1.807) is 41.0 Å². The maximum atomic E-state index is 12.1.